The second-order valence-corrected chi connectivity index (χ2v) is 17.3. The number of rotatable bonds is 9. The molecule has 1 unspecified atom stereocenters. The molecule has 0 saturated heterocycles. The van der Waals surface area contributed by atoms with Gasteiger partial charge in [0.2, 0.25) is 0 Å². The molecule has 1 aliphatic rings. The Balaban J connectivity index is 1.21. The summed E-state index contributed by atoms with van der Waals surface area (Å²) in [6, 6.07) is 82.1. The Hall–Kier alpha value is -8.92. The molecule has 1 heterocycles. The van der Waals surface area contributed by atoms with Gasteiger partial charge in [-0.15, -0.1) is 0 Å². The van der Waals surface area contributed by atoms with Crippen LogP contribution in [0.2, 0.25) is 0 Å². The summed E-state index contributed by atoms with van der Waals surface area (Å²) < 4.78 is 50.0. The standard InChI is InChI=1S/C65H45N3/c1-6-24-47(25-7-1)65(61-37-21-36-56-55-35-18-19-38-63(55)68(64(56)61)51-32-14-5-15-33-51)59-42-40-52(66(48-26-8-2-9-27-48)49-28-10-3-11-29-49)44-57(59)58-45-53(41-43-60(58)65)67(50-30-12-4-13-31-50)62-39-20-23-46-22-16-17-34-54(46)62/h1-45H/i1D,6D,7D,24D,25D. The molecule has 1 aliphatic carbocycles. The van der Waals surface area contributed by atoms with Crippen molar-refractivity contribution in [3.63, 3.8) is 0 Å². The van der Waals surface area contributed by atoms with E-state index in [1.54, 1.807) is 0 Å². The van der Waals surface area contributed by atoms with E-state index in [1.165, 1.54) is 0 Å². The summed E-state index contributed by atoms with van der Waals surface area (Å²) in [5.74, 6) is 0. The predicted molar refractivity (Wildman–Crippen MR) is 285 cm³/mol. The van der Waals surface area contributed by atoms with Crippen molar-refractivity contribution < 1.29 is 6.85 Å². The summed E-state index contributed by atoms with van der Waals surface area (Å²) in [7, 11) is 0. The van der Waals surface area contributed by atoms with Crippen LogP contribution >= 0.6 is 0 Å². The van der Waals surface area contributed by atoms with Crippen LogP contribution in [-0.2, 0) is 5.41 Å². The summed E-state index contributed by atoms with van der Waals surface area (Å²) in [5.41, 5.74) is 11.4. The van der Waals surface area contributed by atoms with Gasteiger partial charge in [-0.05, 0) is 124 Å². The van der Waals surface area contributed by atoms with Crippen molar-refractivity contribution in [1.29, 1.82) is 0 Å². The molecule has 13 rings (SSSR count). The molecular weight excluding hydrogens is 823 g/mol. The fourth-order valence-electron chi connectivity index (χ4n) is 10.9. The zero-order valence-corrected chi connectivity index (χ0v) is 36.9. The third-order valence-electron chi connectivity index (χ3n) is 13.7. The lowest BCUT2D eigenvalue weighted by Gasteiger charge is -2.35. The Morgan fingerprint density at radius 1 is 0.368 bits per heavy atom. The first-order chi connectivity index (χ1) is 35.8. The van der Waals surface area contributed by atoms with Crippen LogP contribution in [0, 0.1) is 0 Å². The van der Waals surface area contributed by atoms with Gasteiger partial charge >= 0.3 is 0 Å². The first-order valence-corrected chi connectivity index (χ1v) is 23.0. The molecule has 1 aromatic heterocycles. The Morgan fingerprint density at radius 2 is 0.868 bits per heavy atom. The topological polar surface area (TPSA) is 11.4 Å². The molecule has 0 amide bonds. The van der Waals surface area contributed by atoms with E-state index in [0.29, 0.717) is 0 Å². The minimum atomic E-state index is -1.46. The molecule has 12 aromatic rings. The third kappa shape index (κ3) is 6.13. The average Bonchev–Trinajstić information content (AvgIpc) is 3.95. The van der Waals surface area contributed by atoms with Crippen molar-refractivity contribution in [2.75, 3.05) is 9.80 Å². The minimum Gasteiger partial charge on any atom is -0.310 e. The van der Waals surface area contributed by atoms with E-state index in [4.69, 9.17) is 1.37 Å². The Bertz CT molecular complexity index is 4030. The summed E-state index contributed by atoms with van der Waals surface area (Å²) in [5, 5.41) is 4.23. The molecule has 0 spiro atoms. The monoisotopic (exact) mass is 872 g/mol. The SMILES string of the molecule is [2H]c1c([2H])c([2H])c(C2(c3cccc4c5ccccc5n(-c5ccccc5)c34)c3ccc(N(c4ccccc4)c4ccccc4)cc3-c3cc(N(c4ccccc4)c4cccc5ccccc45)ccc32)c([2H])c1[2H]. The zero-order valence-electron chi connectivity index (χ0n) is 41.9. The maximum absolute atomic E-state index is 10.0. The number of nitrogens with zero attached hydrogens (tertiary/aromatic N) is 3. The van der Waals surface area contributed by atoms with Gasteiger partial charge < -0.3 is 14.4 Å². The Kier molecular flexibility index (Phi) is 8.20. The highest BCUT2D eigenvalue weighted by Crippen LogP contribution is 2.60. The second-order valence-electron chi connectivity index (χ2n) is 17.3. The van der Waals surface area contributed by atoms with Crippen molar-refractivity contribution in [2.45, 2.75) is 5.41 Å². The molecule has 0 fully saturated rings. The van der Waals surface area contributed by atoms with Gasteiger partial charge in [0.15, 0.2) is 0 Å². The molecule has 11 aromatic carbocycles. The highest BCUT2D eigenvalue weighted by Gasteiger charge is 2.48. The van der Waals surface area contributed by atoms with Crippen molar-refractivity contribution in [2.24, 2.45) is 0 Å². The van der Waals surface area contributed by atoms with E-state index in [0.717, 1.165) is 100 Å². The van der Waals surface area contributed by atoms with E-state index in [1.807, 2.05) is 60.7 Å². The maximum Gasteiger partial charge on any atom is 0.0734 e. The van der Waals surface area contributed by atoms with Crippen LogP contribution in [0.15, 0.2) is 273 Å². The van der Waals surface area contributed by atoms with Crippen molar-refractivity contribution in [3.8, 4) is 16.8 Å². The molecule has 0 N–H and O–H groups in total. The Labute approximate surface area is 403 Å². The summed E-state index contributed by atoms with van der Waals surface area (Å²) >= 11 is 0. The summed E-state index contributed by atoms with van der Waals surface area (Å²) in [4.78, 5) is 4.54. The van der Waals surface area contributed by atoms with Crippen molar-refractivity contribution in [3.05, 3.63) is 295 Å². The minimum absolute atomic E-state index is 0.188. The first-order valence-electron chi connectivity index (χ1n) is 25.5. The number of para-hydroxylation sites is 6. The first kappa shape index (κ1) is 34.4. The van der Waals surface area contributed by atoms with Gasteiger partial charge in [-0.25, -0.2) is 0 Å². The van der Waals surface area contributed by atoms with E-state index in [-0.39, 0.29) is 29.7 Å². The normalized spacial score (nSPS) is 15.0. The van der Waals surface area contributed by atoms with Crippen LogP contribution in [-0.4, -0.2) is 4.57 Å². The average molecular weight is 873 g/mol. The predicted octanol–water partition coefficient (Wildman–Crippen LogP) is 17.2. The maximum atomic E-state index is 10.0. The fraction of sp³-hybridized carbons (Fsp3) is 0.0154. The van der Waals surface area contributed by atoms with Crippen LogP contribution in [0.5, 0.6) is 0 Å². The molecule has 0 aliphatic heterocycles. The van der Waals surface area contributed by atoms with Crippen LogP contribution in [0.25, 0.3) is 49.4 Å². The van der Waals surface area contributed by atoms with Gasteiger partial charge in [0.05, 0.1) is 29.0 Å². The lowest BCUT2D eigenvalue weighted by atomic mass is 9.67. The molecule has 3 nitrogen and oxygen atoms in total. The van der Waals surface area contributed by atoms with Crippen LogP contribution < -0.4 is 9.80 Å². The van der Waals surface area contributed by atoms with Crippen LogP contribution in [0.1, 0.15) is 29.1 Å². The van der Waals surface area contributed by atoms with Crippen molar-refractivity contribution >= 4 is 66.7 Å². The molecule has 0 saturated carbocycles. The number of fused-ring (bicyclic) bond motifs is 7. The van der Waals surface area contributed by atoms with Gasteiger partial charge in [0, 0.05) is 50.3 Å². The molecule has 3 heteroatoms. The molecular formula is C65H45N3. The van der Waals surface area contributed by atoms with Gasteiger partial charge in [-0.2, -0.15) is 0 Å². The zero-order chi connectivity index (χ0) is 49.4. The van der Waals surface area contributed by atoms with E-state index < -0.39 is 11.5 Å². The van der Waals surface area contributed by atoms with E-state index >= 15 is 0 Å². The lowest BCUT2D eigenvalue weighted by molar-refractivity contribution is 0.772. The van der Waals surface area contributed by atoms with Gasteiger partial charge in [0.1, 0.15) is 0 Å². The van der Waals surface area contributed by atoms with E-state index in [2.05, 4.69) is 196 Å². The second kappa shape index (κ2) is 16.2. The highest BCUT2D eigenvalue weighted by molar-refractivity contribution is 6.12. The number of hydrogen-bond donors (Lipinski definition) is 0. The molecule has 320 valence electrons. The Morgan fingerprint density at radius 3 is 1.51 bits per heavy atom. The lowest BCUT2D eigenvalue weighted by Crippen LogP contribution is -2.29. The van der Waals surface area contributed by atoms with Crippen LogP contribution in [0.3, 0.4) is 0 Å². The van der Waals surface area contributed by atoms with Crippen LogP contribution in [0.4, 0.5) is 34.1 Å². The van der Waals surface area contributed by atoms with Crippen molar-refractivity contribution in [1.82, 2.24) is 4.57 Å². The number of anilines is 6. The number of benzene rings is 11. The third-order valence-corrected chi connectivity index (χ3v) is 13.7. The summed E-state index contributed by atoms with van der Waals surface area (Å²) in [6.07, 6.45) is 0. The van der Waals surface area contributed by atoms with Gasteiger partial charge in [-0.1, -0.05) is 188 Å². The smallest absolute Gasteiger partial charge is 0.0734 e. The molecule has 0 bridgehead atoms. The van der Waals surface area contributed by atoms with Gasteiger partial charge in [-0.3, -0.25) is 0 Å². The largest absolute Gasteiger partial charge is 0.310 e. The summed E-state index contributed by atoms with van der Waals surface area (Å²) in [6.45, 7) is 0. The molecule has 0 radical (unpaired) electrons. The highest BCUT2D eigenvalue weighted by atomic mass is 15.1. The molecule has 1 atom stereocenters. The quantitative estimate of drug-likeness (QED) is 0.143. The van der Waals surface area contributed by atoms with E-state index in [9.17, 15) is 5.48 Å². The number of aromatic nitrogens is 1. The molecule has 68 heavy (non-hydrogen) atoms. The van der Waals surface area contributed by atoms with Gasteiger partial charge in [0.25, 0.3) is 0 Å². The fourth-order valence-corrected chi connectivity index (χ4v) is 10.9. The number of hydrogen-bond acceptors (Lipinski definition) is 2.